The zero-order valence-corrected chi connectivity index (χ0v) is 20.6. The number of halogens is 2. The van der Waals surface area contributed by atoms with Crippen LogP contribution in [0.15, 0.2) is 58.1 Å². The summed E-state index contributed by atoms with van der Waals surface area (Å²) in [5, 5.41) is 12.6. The van der Waals surface area contributed by atoms with Gasteiger partial charge in [0, 0.05) is 6.20 Å². The summed E-state index contributed by atoms with van der Waals surface area (Å²) in [4.78, 5) is 37.8. The highest BCUT2D eigenvalue weighted by molar-refractivity contribution is 7.08. The van der Waals surface area contributed by atoms with Gasteiger partial charge in [-0.2, -0.15) is 11.3 Å². The van der Waals surface area contributed by atoms with Gasteiger partial charge < -0.3 is 25.3 Å². The van der Waals surface area contributed by atoms with E-state index in [4.69, 9.17) is 4.74 Å². The van der Waals surface area contributed by atoms with E-state index in [1.54, 1.807) is 6.07 Å². The molecule has 0 spiro atoms. The Morgan fingerprint density at radius 1 is 1.14 bits per heavy atom. The fraction of sp³-hybridized carbons (Fsp3) is 0.346. The van der Waals surface area contributed by atoms with E-state index in [9.17, 15) is 23.2 Å². The first-order chi connectivity index (χ1) is 17.9. The van der Waals surface area contributed by atoms with Crippen LogP contribution in [-0.4, -0.2) is 41.3 Å². The zero-order chi connectivity index (χ0) is 25.9. The lowest BCUT2D eigenvalue weighted by Crippen LogP contribution is -2.43. The number of thiophene rings is 1. The lowest BCUT2D eigenvalue weighted by molar-refractivity contribution is 0.00705. The number of nitrogens with zero attached hydrogens (tertiary/aromatic N) is 1. The average Bonchev–Trinajstić information content (AvgIpc) is 3.54. The van der Waals surface area contributed by atoms with Crippen LogP contribution < -0.4 is 21.5 Å². The van der Waals surface area contributed by atoms with Crippen molar-refractivity contribution in [2.24, 2.45) is 0 Å². The standard InChI is InChI=1S/C26H26F2N4O4S/c27-19-5-3-15(10-20(19)28)12-32-8-1-2-18(25(32)34)24(33)29-23(16-7-9-37-14-16)13-36-17-4-6-21-22(11-17)31-26(35)30-21/h1-3,5,7-10,14,17,21-23H,4,6,11-13H2,(H,29,33)(H2,30,31,35)/t17?,21?,22?,23-/m0/s1. The molecule has 8 nitrogen and oxygen atoms in total. The monoisotopic (exact) mass is 528 g/mol. The van der Waals surface area contributed by atoms with Crippen LogP contribution in [0.2, 0.25) is 0 Å². The van der Waals surface area contributed by atoms with Crippen molar-refractivity contribution in [2.45, 2.75) is 50.0 Å². The SMILES string of the molecule is O=C1NC2CCC(OC[C@H](NC(=O)c3cccn(Cc4ccc(F)c(F)c4)c3=O)c3ccsc3)CC2N1. The molecule has 1 saturated carbocycles. The van der Waals surface area contributed by atoms with Gasteiger partial charge in [-0.25, -0.2) is 13.6 Å². The molecule has 11 heteroatoms. The Balaban J connectivity index is 1.27. The second-order valence-corrected chi connectivity index (χ2v) is 10.1. The van der Waals surface area contributed by atoms with Crippen LogP contribution in [0.5, 0.6) is 0 Å². The van der Waals surface area contributed by atoms with Gasteiger partial charge in [0.05, 0.1) is 37.4 Å². The predicted molar refractivity (Wildman–Crippen MR) is 134 cm³/mol. The van der Waals surface area contributed by atoms with Gasteiger partial charge in [-0.1, -0.05) is 6.07 Å². The second kappa shape index (κ2) is 10.8. The highest BCUT2D eigenvalue weighted by atomic mass is 32.1. The van der Waals surface area contributed by atoms with Crippen molar-refractivity contribution in [3.05, 3.63) is 92.0 Å². The number of pyridine rings is 1. The normalized spacial score (nSPS) is 21.6. The molecule has 3 N–H and O–H groups in total. The summed E-state index contributed by atoms with van der Waals surface area (Å²) in [6.07, 6.45) is 3.71. The largest absolute Gasteiger partial charge is 0.376 e. The molecule has 3 heterocycles. The first-order valence-corrected chi connectivity index (χ1v) is 13.0. The molecule has 3 amide bonds. The Morgan fingerprint density at radius 2 is 1.97 bits per heavy atom. The number of nitrogens with one attached hydrogen (secondary N) is 3. The van der Waals surface area contributed by atoms with Crippen LogP contribution >= 0.6 is 11.3 Å². The number of carbonyl (C=O) groups excluding carboxylic acids is 2. The first kappa shape index (κ1) is 25.1. The highest BCUT2D eigenvalue weighted by Gasteiger charge is 2.37. The zero-order valence-electron chi connectivity index (χ0n) is 19.8. The van der Waals surface area contributed by atoms with Crippen molar-refractivity contribution in [2.75, 3.05) is 6.61 Å². The van der Waals surface area contributed by atoms with Gasteiger partial charge in [0.1, 0.15) is 5.56 Å². The number of ether oxygens (including phenoxy) is 1. The first-order valence-electron chi connectivity index (χ1n) is 12.0. The number of rotatable bonds is 8. The van der Waals surface area contributed by atoms with Crippen molar-refractivity contribution in [1.82, 2.24) is 20.5 Å². The van der Waals surface area contributed by atoms with Crippen LogP contribution in [0.3, 0.4) is 0 Å². The molecule has 2 fully saturated rings. The van der Waals surface area contributed by atoms with Crippen molar-refractivity contribution >= 4 is 23.3 Å². The summed E-state index contributed by atoms with van der Waals surface area (Å²) >= 11 is 1.49. The van der Waals surface area contributed by atoms with Gasteiger partial charge in [-0.15, -0.1) is 0 Å². The lowest BCUT2D eigenvalue weighted by atomic mass is 9.89. The number of carbonyl (C=O) groups is 2. The number of hydrogen-bond acceptors (Lipinski definition) is 5. The highest BCUT2D eigenvalue weighted by Crippen LogP contribution is 2.26. The molecule has 2 aromatic heterocycles. The Labute approximate surface area is 215 Å². The molecule has 3 aromatic rings. The molecular weight excluding hydrogens is 502 g/mol. The quantitative estimate of drug-likeness (QED) is 0.418. The minimum absolute atomic E-state index is 0.0105. The average molecular weight is 529 g/mol. The number of hydrogen-bond donors (Lipinski definition) is 3. The van der Waals surface area contributed by atoms with E-state index in [2.05, 4.69) is 16.0 Å². The summed E-state index contributed by atoms with van der Waals surface area (Å²) < 4.78 is 34.3. The van der Waals surface area contributed by atoms with E-state index in [1.165, 1.54) is 34.2 Å². The molecule has 0 radical (unpaired) electrons. The van der Waals surface area contributed by atoms with E-state index < -0.39 is 29.1 Å². The number of amides is 3. The number of urea groups is 1. The van der Waals surface area contributed by atoms with E-state index in [0.717, 1.165) is 30.5 Å². The van der Waals surface area contributed by atoms with Crippen LogP contribution in [0.25, 0.3) is 0 Å². The smallest absolute Gasteiger partial charge is 0.315 e. The van der Waals surface area contributed by atoms with Gasteiger partial charge in [-0.05, 0) is 71.5 Å². The second-order valence-electron chi connectivity index (χ2n) is 9.29. The van der Waals surface area contributed by atoms with Crippen molar-refractivity contribution in [3.8, 4) is 0 Å². The van der Waals surface area contributed by atoms with Crippen molar-refractivity contribution in [3.63, 3.8) is 0 Å². The van der Waals surface area contributed by atoms with Crippen LogP contribution in [-0.2, 0) is 11.3 Å². The number of fused-ring (bicyclic) bond motifs is 1. The molecule has 1 saturated heterocycles. The molecule has 37 heavy (non-hydrogen) atoms. The topological polar surface area (TPSA) is 101 Å². The summed E-state index contributed by atoms with van der Waals surface area (Å²) in [7, 11) is 0. The van der Waals surface area contributed by atoms with Gasteiger partial charge in [-0.3, -0.25) is 9.59 Å². The molecule has 0 bridgehead atoms. The van der Waals surface area contributed by atoms with Gasteiger partial charge in [0.2, 0.25) is 0 Å². The Hall–Kier alpha value is -3.57. The minimum atomic E-state index is -1.00. The summed E-state index contributed by atoms with van der Waals surface area (Å²) in [5.41, 5.74) is 0.649. The van der Waals surface area contributed by atoms with E-state index in [-0.39, 0.29) is 42.9 Å². The lowest BCUT2D eigenvalue weighted by Gasteiger charge is -2.31. The van der Waals surface area contributed by atoms with Gasteiger partial charge >= 0.3 is 6.03 Å². The third-order valence-electron chi connectivity index (χ3n) is 6.79. The predicted octanol–water partition coefficient (Wildman–Crippen LogP) is 3.33. The fourth-order valence-electron chi connectivity index (χ4n) is 4.83. The van der Waals surface area contributed by atoms with Crippen molar-refractivity contribution < 1.29 is 23.1 Å². The maximum atomic E-state index is 13.6. The number of benzene rings is 1. The van der Waals surface area contributed by atoms with E-state index >= 15 is 0 Å². The van der Waals surface area contributed by atoms with Gasteiger partial charge in [0.25, 0.3) is 11.5 Å². The Morgan fingerprint density at radius 3 is 2.76 bits per heavy atom. The third kappa shape index (κ3) is 5.72. The molecule has 1 aromatic carbocycles. The molecule has 194 valence electrons. The summed E-state index contributed by atoms with van der Waals surface area (Å²) in [6.45, 7) is 0.200. The minimum Gasteiger partial charge on any atom is -0.376 e. The summed E-state index contributed by atoms with van der Waals surface area (Å²) in [6, 6.07) is 7.82. The van der Waals surface area contributed by atoms with E-state index in [1.807, 2.05) is 16.8 Å². The third-order valence-corrected chi connectivity index (χ3v) is 7.49. The maximum absolute atomic E-state index is 13.6. The fourth-order valence-corrected chi connectivity index (χ4v) is 5.54. The maximum Gasteiger partial charge on any atom is 0.315 e. The Bertz CT molecular complexity index is 1350. The molecular formula is C26H26F2N4O4S. The Kier molecular flexibility index (Phi) is 7.33. The van der Waals surface area contributed by atoms with E-state index in [0.29, 0.717) is 12.0 Å². The van der Waals surface area contributed by atoms with Crippen LogP contribution in [0.1, 0.15) is 46.8 Å². The van der Waals surface area contributed by atoms with Crippen LogP contribution in [0, 0.1) is 11.6 Å². The molecule has 3 unspecified atom stereocenters. The summed E-state index contributed by atoms with van der Waals surface area (Å²) in [5.74, 6) is -2.53. The number of aromatic nitrogens is 1. The van der Waals surface area contributed by atoms with Crippen molar-refractivity contribution in [1.29, 1.82) is 0 Å². The molecule has 1 aliphatic heterocycles. The molecule has 5 rings (SSSR count). The van der Waals surface area contributed by atoms with Crippen LogP contribution in [0.4, 0.5) is 13.6 Å². The molecule has 4 atom stereocenters. The molecule has 2 aliphatic rings. The molecule has 1 aliphatic carbocycles. The van der Waals surface area contributed by atoms with Gasteiger partial charge in [0.15, 0.2) is 11.6 Å².